The van der Waals surface area contributed by atoms with E-state index in [9.17, 15) is 18.0 Å². The van der Waals surface area contributed by atoms with Gasteiger partial charge in [0.25, 0.3) is 0 Å². The Morgan fingerprint density at radius 1 is 1.18 bits per heavy atom. The number of alkyl halides is 3. The van der Waals surface area contributed by atoms with E-state index in [1.807, 2.05) is 38.1 Å². The van der Waals surface area contributed by atoms with Gasteiger partial charge in [0.15, 0.2) is 0 Å². The normalized spacial score (nSPS) is 13.0. The van der Waals surface area contributed by atoms with Gasteiger partial charge in [0.05, 0.1) is 27.3 Å². The Kier molecular flexibility index (Phi) is 5.51. The molecule has 148 valence electrons. The van der Waals surface area contributed by atoms with Crippen molar-refractivity contribution in [3.05, 3.63) is 53.1 Å². The fourth-order valence-corrected chi connectivity index (χ4v) is 2.95. The number of para-hydroxylation sites is 2. The molecule has 0 saturated heterocycles. The number of hydrogen-bond donors (Lipinski definition) is 3. The first-order chi connectivity index (χ1) is 13.1. The van der Waals surface area contributed by atoms with E-state index in [4.69, 9.17) is 11.6 Å². The third kappa shape index (κ3) is 4.39. The van der Waals surface area contributed by atoms with Crippen molar-refractivity contribution in [3.63, 3.8) is 0 Å². The Hall–Kier alpha value is -2.74. The summed E-state index contributed by atoms with van der Waals surface area (Å²) in [6, 6.07) is 9.55. The molecule has 0 unspecified atom stereocenters. The molecule has 5 nitrogen and oxygen atoms in total. The van der Waals surface area contributed by atoms with Gasteiger partial charge in [-0.2, -0.15) is 13.2 Å². The maximum atomic E-state index is 12.8. The molecule has 0 spiro atoms. The van der Waals surface area contributed by atoms with Gasteiger partial charge in [0, 0.05) is 0 Å². The fraction of sp³-hybridized carbons (Fsp3) is 0.263. The number of nitrogens with one attached hydrogen (secondary N) is 3. The van der Waals surface area contributed by atoms with Gasteiger partial charge in [-0.1, -0.05) is 37.6 Å². The van der Waals surface area contributed by atoms with Gasteiger partial charge in [0.2, 0.25) is 11.9 Å². The average Bonchev–Trinajstić information content (AvgIpc) is 3.01. The largest absolute Gasteiger partial charge is 0.416 e. The van der Waals surface area contributed by atoms with Crippen LogP contribution in [-0.2, 0) is 11.0 Å². The van der Waals surface area contributed by atoms with Crippen LogP contribution < -0.4 is 10.6 Å². The zero-order chi connectivity index (χ0) is 20.5. The average molecular weight is 411 g/mol. The molecule has 1 heterocycles. The fourth-order valence-electron chi connectivity index (χ4n) is 2.72. The number of halogens is 4. The Morgan fingerprint density at radius 2 is 1.89 bits per heavy atom. The molecule has 1 aromatic heterocycles. The van der Waals surface area contributed by atoms with Gasteiger partial charge in [-0.15, -0.1) is 0 Å². The van der Waals surface area contributed by atoms with E-state index in [1.165, 1.54) is 6.07 Å². The molecule has 0 aliphatic carbocycles. The maximum absolute atomic E-state index is 12.8. The van der Waals surface area contributed by atoms with Crippen LogP contribution in [0, 0.1) is 5.92 Å². The van der Waals surface area contributed by atoms with Crippen molar-refractivity contribution in [1.29, 1.82) is 0 Å². The second kappa shape index (κ2) is 7.71. The first-order valence-corrected chi connectivity index (χ1v) is 8.92. The Labute approximate surface area is 164 Å². The van der Waals surface area contributed by atoms with Crippen LogP contribution in [0.25, 0.3) is 11.0 Å². The summed E-state index contributed by atoms with van der Waals surface area (Å²) in [6.07, 6.45) is -4.49. The van der Waals surface area contributed by atoms with Crippen LogP contribution in [0.5, 0.6) is 0 Å². The van der Waals surface area contributed by atoms with E-state index in [0.717, 1.165) is 17.6 Å². The van der Waals surface area contributed by atoms with Gasteiger partial charge >= 0.3 is 6.18 Å². The van der Waals surface area contributed by atoms with Gasteiger partial charge in [-0.25, -0.2) is 4.98 Å². The lowest BCUT2D eigenvalue weighted by atomic mass is 10.0. The summed E-state index contributed by atoms with van der Waals surface area (Å²) in [5.41, 5.74) is 0.874. The molecule has 0 bridgehead atoms. The summed E-state index contributed by atoms with van der Waals surface area (Å²) in [4.78, 5) is 20.0. The third-order valence-corrected chi connectivity index (χ3v) is 4.50. The molecule has 3 aromatic rings. The monoisotopic (exact) mass is 410 g/mol. The second-order valence-corrected chi connectivity index (χ2v) is 7.06. The van der Waals surface area contributed by atoms with Crippen molar-refractivity contribution in [2.45, 2.75) is 26.1 Å². The predicted octanol–water partition coefficient (Wildman–Crippen LogP) is 5.31. The number of imidazole rings is 1. The molecule has 0 radical (unpaired) electrons. The number of anilines is 2. The third-order valence-electron chi connectivity index (χ3n) is 4.19. The maximum Gasteiger partial charge on any atom is 0.416 e. The lowest BCUT2D eigenvalue weighted by molar-refractivity contribution is -0.137. The van der Waals surface area contributed by atoms with Crippen LogP contribution in [0.2, 0.25) is 5.02 Å². The molecule has 0 fully saturated rings. The highest BCUT2D eigenvalue weighted by atomic mass is 35.5. The molecule has 1 amide bonds. The first-order valence-electron chi connectivity index (χ1n) is 8.54. The first kappa shape index (κ1) is 20.0. The molecule has 9 heteroatoms. The summed E-state index contributed by atoms with van der Waals surface area (Å²) < 4.78 is 38.4. The van der Waals surface area contributed by atoms with Gasteiger partial charge < -0.3 is 10.3 Å². The zero-order valence-electron chi connectivity index (χ0n) is 15.1. The summed E-state index contributed by atoms with van der Waals surface area (Å²) in [6.45, 7) is 3.63. The van der Waals surface area contributed by atoms with Crippen LogP contribution in [0.1, 0.15) is 19.4 Å². The molecule has 1 atom stereocenters. The van der Waals surface area contributed by atoms with Crippen molar-refractivity contribution in [1.82, 2.24) is 9.97 Å². The summed E-state index contributed by atoms with van der Waals surface area (Å²) >= 11 is 5.99. The molecule has 2 aromatic carbocycles. The molecule has 0 aliphatic heterocycles. The van der Waals surface area contributed by atoms with E-state index < -0.39 is 17.8 Å². The molecule has 0 saturated carbocycles. The SMILES string of the molecule is CC(C)[C@@H](Nc1ccc(C(F)(F)F)cc1Cl)C(=O)Nc1nc2ccccc2[nH]1. The van der Waals surface area contributed by atoms with Gasteiger partial charge in [0.1, 0.15) is 6.04 Å². The lowest BCUT2D eigenvalue weighted by Crippen LogP contribution is -2.39. The van der Waals surface area contributed by atoms with Crippen molar-refractivity contribution < 1.29 is 18.0 Å². The van der Waals surface area contributed by atoms with Crippen LogP contribution in [-0.4, -0.2) is 21.9 Å². The number of fused-ring (bicyclic) bond motifs is 1. The van der Waals surface area contributed by atoms with Crippen LogP contribution in [0.15, 0.2) is 42.5 Å². The van der Waals surface area contributed by atoms with Crippen molar-refractivity contribution in [3.8, 4) is 0 Å². The molecule has 0 aliphatic rings. The van der Waals surface area contributed by atoms with Gasteiger partial charge in [-0.3, -0.25) is 10.1 Å². The highest BCUT2D eigenvalue weighted by Crippen LogP contribution is 2.34. The number of aromatic nitrogens is 2. The predicted molar refractivity (Wildman–Crippen MR) is 103 cm³/mol. The van der Waals surface area contributed by atoms with Gasteiger partial charge in [-0.05, 0) is 36.2 Å². The smallest absolute Gasteiger partial charge is 0.372 e. The summed E-state index contributed by atoms with van der Waals surface area (Å²) in [5.74, 6) is -0.259. The number of H-pyrrole nitrogens is 1. The highest BCUT2D eigenvalue weighted by Gasteiger charge is 2.31. The van der Waals surface area contributed by atoms with Crippen molar-refractivity contribution >= 4 is 40.2 Å². The minimum Gasteiger partial charge on any atom is -0.372 e. The van der Waals surface area contributed by atoms with Crippen molar-refractivity contribution in [2.75, 3.05) is 10.6 Å². The second-order valence-electron chi connectivity index (χ2n) is 6.65. The Bertz CT molecular complexity index is 967. The molecule has 28 heavy (non-hydrogen) atoms. The molecular formula is C19H18ClF3N4O. The highest BCUT2D eigenvalue weighted by molar-refractivity contribution is 6.33. The Balaban J connectivity index is 1.78. The summed E-state index contributed by atoms with van der Waals surface area (Å²) in [5, 5.41) is 5.51. The number of nitrogens with zero attached hydrogens (tertiary/aromatic N) is 1. The number of rotatable bonds is 5. The summed E-state index contributed by atoms with van der Waals surface area (Å²) in [7, 11) is 0. The zero-order valence-corrected chi connectivity index (χ0v) is 15.8. The van der Waals surface area contributed by atoms with E-state index in [1.54, 1.807) is 0 Å². The standard InChI is InChI=1S/C19H18ClF3N4O/c1-10(2)16(24-13-8-7-11(9-12(13)20)19(21,22)23)17(28)27-18-25-14-5-3-4-6-15(14)26-18/h3-10,16,24H,1-2H3,(H2,25,26,27,28)/t16-/m1/s1. The number of aromatic amines is 1. The Morgan fingerprint density at radius 3 is 2.50 bits per heavy atom. The van der Waals surface area contributed by atoms with Crippen molar-refractivity contribution in [2.24, 2.45) is 5.92 Å². The molecule has 3 N–H and O–H groups in total. The number of hydrogen-bond acceptors (Lipinski definition) is 3. The number of carbonyl (C=O) groups is 1. The lowest BCUT2D eigenvalue weighted by Gasteiger charge is -2.23. The van der Waals surface area contributed by atoms with E-state index in [-0.39, 0.29) is 28.5 Å². The number of amides is 1. The minimum absolute atomic E-state index is 0.114. The molecular weight excluding hydrogens is 393 g/mol. The van der Waals surface area contributed by atoms with E-state index >= 15 is 0 Å². The number of benzene rings is 2. The van der Waals surface area contributed by atoms with Crippen LogP contribution in [0.3, 0.4) is 0 Å². The van der Waals surface area contributed by atoms with Crippen LogP contribution >= 0.6 is 11.6 Å². The quantitative estimate of drug-likeness (QED) is 0.533. The minimum atomic E-state index is -4.49. The van der Waals surface area contributed by atoms with E-state index in [0.29, 0.717) is 5.52 Å². The number of carbonyl (C=O) groups excluding carboxylic acids is 1. The van der Waals surface area contributed by atoms with E-state index in [2.05, 4.69) is 20.6 Å². The van der Waals surface area contributed by atoms with Crippen LogP contribution in [0.4, 0.5) is 24.8 Å². The molecule has 3 rings (SSSR count). The topological polar surface area (TPSA) is 69.8 Å².